The second-order valence-corrected chi connectivity index (χ2v) is 8.61. The Morgan fingerprint density at radius 1 is 1.06 bits per heavy atom. The third-order valence-corrected chi connectivity index (χ3v) is 6.37. The number of fused-ring (bicyclic) bond motifs is 1. The molecule has 0 atom stereocenters. The summed E-state index contributed by atoms with van der Waals surface area (Å²) in [5.74, 6) is 1.55. The van der Waals surface area contributed by atoms with Crippen LogP contribution in [-0.2, 0) is 20.6 Å². The van der Waals surface area contributed by atoms with Crippen LogP contribution in [0.1, 0.15) is 16.2 Å². The molecule has 5 rings (SSSR count). The van der Waals surface area contributed by atoms with Gasteiger partial charge in [-0.25, -0.2) is 9.78 Å². The van der Waals surface area contributed by atoms with Gasteiger partial charge in [0.2, 0.25) is 11.7 Å². The number of methoxy groups -OCH3 is 1. The van der Waals surface area contributed by atoms with E-state index in [0.29, 0.717) is 50.0 Å². The van der Waals surface area contributed by atoms with E-state index < -0.39 is 11.2 Å². The van der Waals surface area contributed by atoms with Gasteiger partial charge in [0.05, 0.1) is 24.6 Å². The summed E-state index contributed by atoms with van der Waals surface area (Å²) >= 11 is 0. The van der Waals surface area contributed by atoms with Crippen molar-refractivity contribution in [2.45, 2.75) is 6.54 Å². The van der Waals surface area contributed by atoms with E-state index in [1.54, 1.807) is 19.1 Å². The van der Waals surface area contributed by atoms with Crippen LogP contribution >= 0.6 is 0 Å². The SMILES string of the molecule is COc1ccc(-c2noc(CN3CCN(C(=O)c4cnc5c(c4)c(=O)n(C)c(=O)n5C)CC3)n2)cc1. The van der Waals surface area contributed by atoms with E-state index in [9.17, 15) is 14.4 Å². The summed E-state index contributed by atoms with van der Waals surface area (Å²) in [6.45, 7) is 2.74. The van der Waals surface area contributed by atoms with Crippen molar-refractivity contribution in [3.05, 3.63) is 68.8 Å². The third-order valence-electron chi connectivity index (χ3n) is 6.37. The van der Waals surface area contributed by atoms with Crippen molar-refractivity contribution in [3.63, 3.8) is 0 Å². The molecule has 1 aliphatic rings. The molecule has 0 aliphatic carbocycles. The molecule has 4 aromatic rings. The Balaban J connectivity index is 1.23. The molecule has 1 aromatic carbocycles. The summed E-state index contributed by atoms with van der Waals surface area (Å²) in [6.07, 6.45) is 1.41. The molecule has 0 bridgehead atoms. The number of carbonyl (C=O) groups excluding carboxylic acids is 1. The molecule has 12 heteroatoms. The van der Waals surface area contributed by atoms with Crippen molar-refractivity contribution in [2.75, 3.05) is 33.3 Å². The molecule has 1 aliphatic heterocycles. The molecule has 0 unspecified atom stereocenters. The van der Waals surface area contributed by atoms with Crippen LogP contribution in [0.5, 0.6) is 5.75 Å². The highest BCUT2D eigenvalue weighted by molar-refractivity contribution is 5.96. The molecule has 0 N–H and O–H groups in total. The molecule has 0 saturated carbocycles. The number of aryl methyl sites for hydroxylation is 1. The van der Waals surface area contributed by atoms with Crippen molar-refractivity contribution in [1.29, 1.82) is 0 Å². The number of benzene rings is 1. The van der Waals surface area contributed by atoms with E-state index in [4.69, 9.17) is 9.26 Å². The van der Waals surface area contributed by atoms with E-state index in [1.807, 2.05) is 24.3 Å². The average molecular weight is 492 g/mol. The molecule has 1 amide bonds. The number of ether oxygens (including phenoxy) is 1. The number of hydrogen-bond acceptors (Lipinski definition) is 9. The quantitative estimate of drug-likeness (QED) is 0.395. The second-order valence-electron chi connectivity index (χ2n) is 8.61. The summed E-state index contributed by atoms with van der Waals surface area (Å²) in [7, 11) is 4.56. The molecule has 3 aromatic heterocycles. The summed E-state index contributed by atoms with van der Waals surface area (Å²) in [5.41, 5.74) is 0.451. The van der Waals surface area contributed by atoms with Gasteiger partial charge in [0.15, 0.2) is 0 Å². The van der Waals surface area contributed by atoms with E-state index in [2.05, 4.69) is 20.0 Å². The first-order valence-corrected chi connectivity index (χ1v) is 11.4. The number of nitrogens with zero attached hydrogens (tertiary/aromatic N) is 7. The topological polar surface area (TPSA) is 129 Å². The highest BCUT2D eigenvalue weighted by Crippen LogP contribution is 2.20. The lowest BCUT2D eigenvalue weighted by Crippen LogP contribution is -2.48. The molecule has 1 saturated heterocycles. The van der Waals surface area contributed by atoms with Gasteiger partial charge in [-0.05, 0) is 30.3 Å². The minimum atomic E-state index is -0.478. The Morgan fingerprint density at radius 2 is 1.78 bits per heavy atom. The lowest BCUT2D eigenvalue weighted by molar-refractivity contribution is 0.0615. The maximum atomic E-state index is 13.1. The van der Waals surface area contributed by atoms with Crippen LogP contribution in [0.15, 0.2) is 50.6 Å². The highest BCUT2D eigenvalue weighted by atomic mass is 16.5. The number of amides is 1. The summed E-state index contributed by atoms with van der Waals surface area (Å²) in [6, 6.07) is 8.93. The summed E-state index contributed by atoms with van der Waals surface area (Å²) in [4.78, 5) is 50.3. The molecule has 0 radical (unpaired) electrons. The van der Waals surface area contributed by atoms with Gasteiger partial charge in [0.1, 0.15) is 11.4 Å². The normalized spacial score (nSPS) is 14.4. The predicted molar refractivity (Wildman–Crippen MR) is 130 cm³/mol. The minimum Gasteiger partial charge on any atom is -0.497 e. The fourth-order valence-corrected chi connectivity index (χ4v) is 4.24. The minimum absolute atomic E-state index is 0.209. The van der Waals surface area contributed by atoms with E-state index in [0.717, 1.165) is 15.9 Å². The number of rotatable bonds is 5. The number of piperazine rings is 1. The smallest absolute Gasteiger partial charge is 0.332 e. The summed E-state index contributed by atoms with van der Waals surface area (Å²) in [5, 5.41) is 4.30. The molecule has 186 valence electrons. The predicted octanol–water partition coefficient (Wildman–Crippen LogP) is 0.649. The number of carbonyl (C=O) groups is 1. The Hall–Kier alpha value is -4.32. The molecule has 12 nitrogen and oxygen atoms in total. The largest absolute Gasteiger partial charge is 0.497 e. The number of pyridine rings is 1. The number of aromatic nitrogens is 5. The maximum Gasteiger partial charge on any atom is 0.332 e. The molecule has 36 heavy (non-hydrogen) atoms. The lowest BCUT2D eigenvalue weighted by Gasteiger charge is -2.33. The Labute approximate surface area is 205 Å². The van der Waals surface area contributed by atoms with Crippen LogP contribution in [0.3, 0.4) is 0 Å². The first kappa shape index (κ1) is 23.4. The van der Waals surface area contributed by atoms with Gasteiger partial charge in [0.25, 0.3) is 11.5 Å². The van der Waals surface area contributed by atoms with Crippen LogP contribution in [0.4, 0.5) is 0 Å². The zero-order valence-corrected chi connectivity index (χ0v) is 20.2. The van der Waals surface area contributed by atoms with Crippen LogP contribution in [0.25, 0.3) is 22.4 Å². The lowest BCUT2D eigenvalue weighted by atomic mass is 10.2. The second kappa shape index (κ2) is 9.38. The van der Waals surface area contributed by atoms with Crippen LogP contribution in [0, 0.1) is 0 Å². The van der Waals surface area contributed by atoms with E-state index >= 15 is 0 Å². The van der Waals surface area contributed by atoms with E-state index in [1.165, 1.54) is 23.9 Å². The fraction of sp³-hybridized carbons (Fsp3) is 0.333. The number of hydrogen-bond donors (Lipinski definition) is 0. The Bertz CT molecular complexity index is 1550. The Kier molecular flexibility index (Phi) is 6.10. The van der Waals surface area contributed by atoms with Gasteiger partial charge in [-0.15, -0.1) is 0 Å². The average Bonchev–Trinajstić information content (AvgIpc) is 3.39. The van der Waals surface area contributed by atoms with Crippen molar-refractivity contribution < 1.29 is 14.1 Å². The zero-order valence-electron chi connectivity index (χ0n) is 20.2. The van der Waals surface area contributed by atoms with Crippen molar-refractivity contribution in [1.82, 2.24) is 34.1 Å². The van der Waals surface area contributed by atoms with Crippen molar-refractivity contribution in [3.8, 4) is 17.1 Å². The maximum absolute atomic E-state index is 13.1. The van der Waals surface area contributed by atoms with Crippen molar-refractivity contribution in [2.24, 2.45) is 14.1 Å². The summed E-state index contributed by atoms with van der Waals surface area (Å²) < 4.78 is 12.9. The van der Waals surface area contributed by atoms with Crippen LogP contribution < -0.4 is 16.0 Å². The van der Waals surface area contributed by atoms with Gasteiger partial charge < -0.3 is 14.2 Å². The van der Waals surface area contributed by atoms with Gasteiger partial charge in [-0.2, -0.15) is 4.98 Å². The zero-order chi connectivity index (χ0) is 25.4. The fourth-order valence-electron chi connectivity index (χ4n) is 4.24. The molecule has 1 fully saturated rings. The first-order valence-electron chi connectivity index (χ1n) is 11.4. The van der Waals surface area contributed by atoms with E-state index in [-0.39, 0.29) is 16.9 Å². The standard InChI is InChI=1S/C24H25N7O5/c1-28-21-18(23(33)29(2)24(28)34)12-16(13-25-21)22(32)31-10-8-30(9-11-31)14-19-26-20(27-36-19)15-4-6-17(35-3)7-5-15/h4-7,12-13H,8-11,14H2,1-3H3. The first-order chi connectivity index (χ1) is 17.4. The molecule has 4 heterocycles. The van der Waals surface area contributed by atoms with Crippen LogP contribution in [0.2, 0.25) is 0 Å². The van der Waals surface area contributed by atoms with Gasteiger partial charge >= 0.3 is 5.69 Å². The van der Waals surface area contributed by atoms with Crippen LogP contribution in [-0.4, -0.2) is 73.3 Å². The van der Waals surface area contributed by atoms with Gasteiger partial charge in [-0.3, -0.25) is 23.6 Å². The van der Waals surface area contributed by atoms with Gasteiger partial charge in [-0.1, -0.05) is 5.16 Å². The van der Waals surface area contributed by atoms with Crippen molar-refractivity contribution >= 4 is 16.9 Å². The Morgan fingerprint density at radius 3 is 2.47 bits per heavy atom. The van der Waals surface area contributed by atoms with Gasteiger partial charge in [0, 0.05) is 52.0 Å². The monoisotopic (exact) mass is 491 g/mol. The highest BCUT2D eigenvalue weighted by Gasteiger charge is 2.24. The molecular formula is C24H25N7O5. The molecule has 0 spiro atoms. The third kappa shape index (κ3) is 4.26. The molecular weight excluding hydrogens is 466 g/mol.